The number of Topliss-reactive ketones (excluding diaryl/α,β-unsaturated/α-hetero) is 1. The molecule has 0 radical (unpaired) electrons. The van der Waals surface area contributed by atoms with Crippen LogP contribution in [0.15, 0.2) is 24.3 Å². The van der Waals surface area contributed by atoms with E-state index in [4.69, 9.17) is 0 Å². The van der Waals surface area contributed by atoms with Gasteiger partial charge in [-0.3, -0.25) is 14.4 Å². The summed E-state index contributed by atoms with van der Waals surface area (Å²) in [5, 5.41) is 4.86. The van der Waals surface area contributed by atoms with Crippen molar-refractivity contribution in [2.75, 3.05) is 11.9 Å². The van der Waals surface area contributed by atoms with Crippen molar-refractivity contribution in [2.24, 2.45) is 0 Å². The third-order valence-electron chi connectivity index (χ3n) is 1.85. The highest BCUT2D eigenvalue weighted by Crippen LogP contribution is 2.10. The molecule has 0 saturated carbocycles. The average molecular weight is 220 g/mol. The summed E-state index contributed by atoms with van der Waals surface area (Å²) in [5.74, 6) is -0.407. The molecule has 0 spiro atoms. The minimum Gasteiger partial charge on any atom is -0.351 e. The van der Waals surface area contributed by atoms with Gasteiger partial charge < -0.3 is 10.6 Å². The van der Waals surface area contributed by atoms with Crippen molar-refractivity contribution in [1.29, 1.82) is 0 Å². The first-order valence-corrected chi connectivity index (χ1v) is 4.71. The molecule has 0 saturated heterocycles. The lowest BCUT2D eigenvalue weighted by molar-refractivity contribution is -0.114. The van der Waals surface area contributed by atoms with Crippen LogP contribution >= 0.6 is 0 Å². The number of nitrogens with one attached hydrogen (secondary N) is 2. The van der Waals surface area contributed by atoms with Gasteiger partial charge in [-0.05, 0) is 12.1 Å². The van der Waals surface area contributed by atoms with Gasteiger partial charge in [0.25, 0.3) is 0 Å². The number of rotatable bonds is 5. The molecule has 5 nitrogen and oxygen atoms in total. The van der Waals surface area contributed by atoms with E-state index < -0.39 is 0 Å². The van der Waals surface area contributed by atoms with Gasteiger partial charge in [-0.2, -0.15) is 0 Å². The van der Waals surface area contributed by atoms with Gasteiger partial charge in [-0.25, -0.2) is 0 Å². The Kier molecular flexibility index (Phi) is 4.20. The van der Waals surface area contributed by atoms with Crippen LogP contribution in [0.2, 0.25) is 0 Å². The van der Waals surface area contributed by atoms with E-state index >= 15 is 0 Å². The topological polar surface area (TPSA) is 75.3 Å². The largest absolute Gasteiger partial charge is 0.351 e. The van der Waals surface area contributed by atoms with E-state index in [1.807, 2.05) is 0 Å². The molecule has 0 bridgehead atoms. The first-order valence-electron chi connectivity index (χ1n) is 4.71. The fourth-order valence-corrected chi connectivity index (χ4v) is 1.21. The summed E-state index contributed by atoms with van der Waals surface area (Å²) in [7, 11) is 0. The summed E-state index contributed by atoms with van der Waals surface area (Å²) in [6.07, 6.45) is 0.468. The first kappa shape index (κ1) is 11.9. The van der Waals surface area contributed by atoms with Gasteiger partial charge >= 0.3 is 0 Å². The van der Waals surface area contributed by atoms with Crippen molar-refractivity contribution >= 4 is 23.8 Å². The van der Waals surface area contributed by atoms with Crippen molar-refractivity contribution in [3.05, 3.63) is 29.8 Å². The number of hydrogen-bond acceptors (Lipinski definition) is 3. The molecule has 1 rings (SSSR count). The molecule has 0 heterocycles. The molecule has 0 fully saturated rings. The van der Waals surface area contributed by atoms with Gasteiger partial charge in [0, 0.05) is 18.2 Å². The smallest absolute Gasteiger partial charge is 0.221 e. The van der Waals surface area contributed by atoms with E-state index in [-0.39, 0.29) is 18.2 Å². The maximum Gasteiger partial charge on any atom is 0.221 e. The number of carbonyl (C=O) groups excluding carboxylic acids is 3. The molecule has 1 aromatic rings. The molecule has 16 heavy (non-hydrogen) atoms. The molecule has 0 aliphatic carbocycles. The van der Waals surface area contributed by atoms with Crippen LogP contribution in [-0.4, -0.2) is 24.6 Å². The number of ketones is 1. The zero-order valence-electron chi connectivity index (χ0n) is 8.82. The van der Waals surface area contributed by atoms with Crippen molar-refractivity contribution in [1.82, 2.24) is 5.32 Å². The lowest BCUT2D eigenvalue weighted by Crippen LogP contribution is -2.21. The van der Waals surface area contributed by atoms with Crippen LogP contribution < -0.4 is 10.6 Å². The SMILES string of the molecule is CC(=O)Nc1cccc(C(=O)CNC=O)c1. The van der Waals surface area contributed by atoms with Crippen molar-refractivity contribution in [2.45, 2.75) is 6.92 Å². The fraction of sp³-hybridized carbons (Fsp3) is 0.182. The highest BCUT2D eigenvalue weighted by atomic mass is 16.1. The molecule has 0 atom stereocenters. The highest BCUT2D eigenvalue weighted by molar-refractivity contribution is 6.00. The summed E-state index contributed by atoms with van der Waals surface area (Å²) in [6, 6.07) is 6.54. The second-order valence-corrected chi connectivity index (χ2v) is 3.18. The number of amides is 2. The summed E-state index contributed by atoms with van der Waals surface area (Å²) >= 11 is 0. The Morgan fingerprint density at radius 2 is 2.12 bits per heavy atom. The lowest BCUT2D eigenvalue weighted by atomic mass is 10.1. The molecule has 1 aromatic carbocycles. The van der Waals surface area contributed by atoms with Crippen LogP contribution in [-0.2, 0) is 9.59 Å². The zero-order valence-corrected chi connectivity index (χ0v) is 8.82. The van der Waals surface area contributed by atoms with Gasteiger partial charge in [0.05, 0.1) is 6.54 Å². The van der Waals surface area contributed by atoms with Crippen molar-refractivity contribution in [3.8, 4) is 0 Å². The molecule has 0 aliphatic rings. The maximum atomic E-state index is 11.5. The standard InChI is InChI=1S/C11H12N2O3/c1-8(15)13-10-4-2-3-9(5-10)11(16)6-12-7-14/h2-5,7H,6H2,1H3,(H,12,14)(H,13,15). The predicted octanol–water partition coefficient (Wildman–Crippen LogP) is 0.574. The maximum absolute atomic E-state index is 11.5. The molecule has 0 aliphatic heterocycles. The van der Waals surface area contributed by atoms with Crippen LogP contribution in [0, 0.1) is 0 Å². The molecule has 0 aromatic heterocycles. The third kappa shape index (κ3) is 3.53. The number of carbonyl (C=O) groups is 3. The molecule has 0 unspecified atom stereocenters. The Hall–Kier alpha value is -2.17. The Morgan fingerprint density at radius 1 is 1.38 bits per heavy atom. The van der Waals surface area contributed by atoms with Gasteiger partial charge in [0.2, 0.25) is 12.3 Å². The van der Waals surface area contributed by atoms with E-state index in [9.17, 15) is 14.4 Å². The lowest BCUT2D eigenvalue weighted by Gasteiger charge is -2.04. The average Bonchev–Trinajstić information content (AvgIpc) is 2.25. The third-order valence-corrected chi connectivity index (χ3v) is 1.85. The highest BCUT2D eigenvalue weighted by Gasteiger charge is 2.05. The molecule has 84 valence electrons. The van der Waals surface area contributed by atoms with E-state index in [0.717, 1.165) is 0 Å². The molecule has 5 heteroatoms. The molecular formula is C11H12N2O3. The van der Waals surface area contributed by atoms with E-state index in [2.05, 4.69) is 10.6 Å². The van der Waals surface area contributed by atoms with Crippen molar-refractivity contribution < 1.29 is 14.4 Å². The summed E-state index contributed by atoms with van der Waals surface area (Å²) in [6.45, 7) is 1.34. The van der Waals surface area contributed by atoms with Crippen LogP contribution in [0.4, 0.5) is 5.69 Å². The summed E-state index contributed by atoms with van der Waals surface area (Å²) in [5.41, 5.74) is 1.00. The Morgan fingerprint density at radius 3 is 2.75 bits per heavy atom. The zero-order chi connectivity index (χ0) is 12.0. The van der Waals surface area contributed by atoms with Crippen LogP contribution in [0.1, 0.15) is 17.3 Å². The monoisotopic (exact) mass is 220 g/mol. The summed E-state index contributed by atoms with van der Waals surface area (Å²) < 4.78 is 0. The Labute approximate surface area is 92.8 Å². The van der Waals surface area contributed by atoms with E-state index in [1.54, 1.807) is 24.3 Å². The molecule has 2 amide bonds. The minimum atomic E-state index is -0.209. The normalized spacial score (nSPS) is 9.31. The van der Waals surface area contributed by atoms with Gasteiger partial charge in [0.1, 0.15) is 0 Å². The second kappa shape index (κ2) is 5.65. The van der Waals surface area contributed by atoms with Crippen molar-refractivity contribution in [3.63, 3.8) is 0 Å². The molecule has 2 N–H and O–H groups in total. The van der Waals surface area contributed by atoms with Crippen LogP contribution in [0.25, 0.3) is 0 Å². The van der Waals surface area contributed by atoms with E-state index in [0.29, 0.717) is 17.7 Å². The van der Waals surface area contributed by atoms with E-state index in [1.165, 1.54) is 6.92 Å². The van der Waals surface area contributed by atoms with Gasteiger partial charge in [0.15, 0.2) is 5.78 Å². The Balaban J connectivity index is 2.77. The number of anilines is 1. The minimum absolute atomic E-state index is 0.0486. The fourth-order valence-electron chi connectivity index (χ4n) is 1.21. The predicted molar refractivity (Wildman–Crippen MR) is 59.1 cm³/mol. The van der Waals surface area contributed by atoms with Gasteiger partial charge in [-0.15, -0.1) is 0 Å². The second-order valence-electron chi connectivity index (χ2n) is 3.18. The quantitative estimate of drug-likeness (QED) is 0.562. The number of hydrogen-bond donors (Lipinski definition) is 2. The molecular weight excluding hydrogens is 208 g/mol. The summed E-state index contributed by atoms with van der Waals surface area (Å²) in [4.78, 5) is 32.4. The first-order chi connectivity index (χ1) is 7.63. The van der Waals surface area contributed by atoms with Crippen LogP contribution in [0.3, 0.4) is 0 Å². The van der Waals surface area contributed by atoms with Crippen LogP contribution in [0.5, 0.6) is 0 Å². The Bertz CT molecular complexity index is 415. The van der Waals surface area contributed by atoms with Gasteiger partial charge in [-0.1, -0.05) is 12.1 Å². The number of benzene rings is 1.